The van der Waals surface area contributed by atoms with Crippen LogP contribution < -0.4 is 5.32 Å². The summed E-state index contributed by atoms with van der Waals surface area (Å²) < 4.78 is 0. The van der Waals surface area contributed by atoms with Gasteiger partial charge in [0.1, 0.15) is 5.69 Å². The fraction of sp³-hybridized carbons (Fsp3) is 0.250. The molecule has 1 heterocycles. The van der Waals surface area contributed by atoms with Crippen molar-refractivity contribution in [2.75, 3.05) is 12.3 Å². The van der Waals surface area contributed by atoms with Crippen molar-refractivity contribution in [3.63, 3.8) is 0 Å². The number of pyridine rings is 1. The number of aryl methyl sites for hydroxylation is 1. The summed E-state index contributed by atoms with van der Waals surface area (Å²) in [6, 6.07) is 15.7. The van der Waals surface area contributed by atoms with Gasteiger partial charge in [-0.3, -0.25) is 4.79 Å². The molecular weight excluding hydrogens is 268 g/mol. The smallest absolute Gasteiger partial charge is 0.269 e. The molecule has 1 aromatic carbocycles. The van der Waals surface area contributed by atoms with Crippen LogP contribution in [-0.2, 0) is 0 Å². The first kappa shape index (κ1) is 14.6. The zero-order valence-corrected chi connectivity index (χ0v) is 12.3. The molecule has 0 spiro atoms. The second-order valence-corrected chi connectivity index (χ2v) is 5.60. The Morgan fingerprint density at radius 3 is 2.70 bits per heavy atom. The molecule has 0 aliphatic rings. The zero-order valence-electron chi connectivity index (χ0n) is 11.5. The lowest BCUT2D eigenvalue weighted by Gasteiger charge is -2.05. The molecule has 20 heavy (non-hydrogen) atoms. The number of benzene rings is 1. The van der Waals surface area contributed by atoms with Crippen molar-refractivity contribution in [2.45, 2.75) is 18.2 Å². The highest BCUT2D eigenvalue weighted by Gasteiger charge is 2.05. The van der Waals surface area contributed by atoms with Gasteiger partial charge >= 0.3 is 0 Å². The van der Waals surface area contributed by atoms with Crippen molar-refractivity contribution in [3.8, 4) is 0 Å². The quantitative estimate of drug-likeness (QED) is 0.654. The molecule has 4 heteroatoms. The van der Waals surface area contributed by atoms with Crippen molar-refractivity contribution in [1.82, 2.24) is 10.3 Å². The monoisotopic (exact) mass is 286 g/mol. The van der Waals surface area contributed by atoms with Gasteiger partial charge in [0, 0.05) is 17.1 Å². The highest BCUT2D eigenvalue weighted by atomic mass is 32.2. The van der Waals surface area contributed by atoms with E-state index >= 15 is 0 Å². The fourth-order valence-corrected chi connectivity index (χ4v) is 2.61. The molecule has 2 rings (SSSR count). The second-order valence-electron chi connectivity index (χ2n) is 4.44. The molecule has 3 nitrogen and oxygen atoms in total. The number of nitrogens with zero attached hydrogens (tertiary/aromatic N) is 1. The topological polar surface area (TPSA) is 42.0 Å². The fourth-order valence-electron chi connectivity index (χ4n) is 1.74. The molecule has 1 aromatic heterocycles. The van der Waals surface area contributed by atoms with Gasteiger partial charge < -0.3 is 5.32 Å². The van der Waals surface area contributed by atoms with Gasteiger partial charge in [0.15, 0.2) is 0 Å². The maximum Gasteiger partial charge on any atom is 0.269 e. The van der Waals surface area contributed by atoms with Gasteiger partial charge in [-0.25, -0.2) is 4.98 Å². The number of hydrogen-bond acceptors (Lipinski definition) is 3. The van der Waals surface area contributed by atoms with Crippen LogP contribution in [0.25, 0.3) is 0 Å². The molecule has 0 saturated carbocycles. The van der Waals surface area contributed by atoms with Crippen LogP contribution in [0.15, 0.2) is 53.4 Å². The highest BCUT2D eigenvalue weighted by molar-refractivity contribution is 7.99. The summed E-state index contributed by atoms with van der Waals surface area (Å²) >= 11 is 1.80. The van der Waals surface area contributed by atoms with Crippen LogP contribution in [0, 0.1) is 6.92 Å². The Hall–Kier alpha value is -1.81. The summed E-state index contributed by atoms with van der Waals surface area (Å²) in [5.74, 6) is 0.893. The molecule has 1 N–H and O–H groups in total. The SMILES string of the molecule is Cc1cccc(C(=O)NCCCSc2ccccc2)n1. The van der Waals surface area contributed by atoms with Gasteiger partial charge in [-0.1, -0.05) is 24.3 Å². The molecule has 0 atom stereocenters. The minimum absolute atomic E-state index is 0.0987. The number of amides is 1. The molecule has 0 bridgehead atoms. The molecule has 2 aromatic rings. The summed E-state index contributed by atoms with van der Waals surface area (Å²) in [4.78, 5) is 17.3. The molecule has 1 amide bonds. The van der Waals surface area contributed by atoms with Crippen molar-refractivity contribution >= 4 is 17.7 Å². The normalized spacial score (nSPS) is 10.2. The Labute approximate surface area is 123 Å². The maximum atomic E-state index is 11.8. The number of thioether (sulfide) groups is 1. The van der Waals surface area contributed by atoms with E-state index < -0.39 is 0 Å². The van der Waals surface area contributed by atoms with E-state index in [-0.39, 0.29) is 5.91 Å². The van der Waals surface area contributed by atoms with Crippen LogP contribution in [-0.4, -0.2) is 23.2 Å². The van der Waals surface area contributed by atoms with E-state index in [2.05, 4.69) is 22.4 Å². The Morgan fingerprint density at radius 2 is 1.95 bits per heavy atom. The first-order valence-corrected chi connectivity index (χ1v) is 7.64. The standard InChI is InChI=1S/C16H18N2OS/c1-13-7-5-10-15(18-13)16(19)17-11-6-12-20-14-8-3-2-4-9-14/h2-5,7-10H,6,11-12H2,1H3,(H,17,19). The van der Waals surface area contributed by atoms with Gasteiger partial charge in [0.05, 0.1) is 0 Å². The summed E-state index contributed by atoms with van der Waals surface area (Å²) in [5.41, 5.74) is 1.35. The molecule has 0 fully saturated rings. The summed E-state index contributed by atoms with van der Waals surface area (Å²) in [7, 11) is 0. The third-order valence-corrected chi connectivity index (χ3v) is 3.84. The summed E-state index contributed by atoms with van der Waals surface area (Å²) in [6.07, 6.45) is 0.942. The molecule has 0 saturated heterocycles. The minimum Gasteiger partial charge on any atom is -0.351 e. The van der Waals surface area contributed by atoms with Gasteiger partial charge in [0.2, 0.25) is 0 Å². The average Bonchev–Trinajstić information content (AvgIpc) is 2.48. The summed E-state index contributed by atoms with van der Waals surface area (Å²) in [5, 5.41) is 2.90. The molecular formula is C16H18N2OS. The third-order valence-electron chi connectivity index (χ3n) is 2.74. The van der Waals surface area contributed by atoms with Crippen LogP contribution in [0.4, 0.5) is 0 Å². The Balaban J connectivity index is 1.67. The van der Waals surface area contributed by atoms with E-state index in [1.165, 1.54) is 4.90 Å². The average molecular weight is 286 g/mol. The van der Waals surface area contributed by atoms with Gasteiger partial charge in [-0.05, 0) is 43.4 Å². The highest BCUT2D eigenvalue weighted by Crippen LogP contribution is 2.17. The lowest BCUT2D eigenvalue weighted by atomic mass is 10.3. The van der Waals surface area contributed by atoms with E-state index in [0.717, 1.165) is 17.9 Å². The maximum absolute atomic E-state index is 11.8. The number of carbonyl (C=O) groups excluding carboxylic acids is 1. The minimum atomic E-state index is -0.0987. The lowest BCUT2D eigenvalue weighted by molar-refractivity contribution is 0.0948. The van der Waals surface area contributed by atoms with Gasteiger partial charge in [-0.2, -0.15) is 0 Å². The van der Waals surface area contributed by atoms with Gasteiger partial charge in [-0.15, -0.1) is 11.8 Å². The Bertz CT molecular complexity index is 557. The zero-order chi connectivity index (χ0) is 14.2. The van der Waals surface area contributed by atoms with Gasteiger partial charge in [0.25, 0.3) is 5.91 Å². The Morgan fingerprint density at radius 1 is 1.15 bits per heavy atom. The van der Waals surface area contributed by atoms with Crippen LogP contribution in [0.2, 0.25) is 0 Å². The van der Waals surface area contributed by atoms with Crippen molar-refractivity contribution in [1.29, 1.82) is 0 Å². The van der Waals surface area contributed by atoms with Crippen LogP contribution in [0.1, 0.15) is 22.6 Å². The lowest BCUT2D eigenvalue weighted by Crippen LogP contribution is -2.25. The number of hydrogen-bond donors (Lipinski definition) is 1. The molecule has 104 valence electrons. The predicted molar refractivity (Wildman–Crippen MR) is 83.1 cm³/mol. The number of nitrogens with one attached hydrogen (secondary N) is 1. The van der Waals surface area contributed by atoms with Crippen molar-refractivity contribution in [2.24, 2.45) is 0 Å². The van der Waals surface area contributed by atoms with E-state index in [1.54, 1.807) is 17.8 Å². The number of carbonyl (C=O) groups is 1. The van der Waals surface area contributed by atoms with Crippen molar-refractivity contribution in [3.05, 3.63) is 59.9 Å². The molecule has 0 aliphatic carbocycles. The molecule has 0 radical (unpaired) electrons. The Kier molecular flexibility index (Phi) is 5.62. The van der Waals surface area contributed by atoms with E-state index in [0.29, 0.717) is 12.2 Å². The third kappa shape index (κ3) is 4.70. The van der Waals surface area contributed by atoms with Crippen LogP contribution in [0.3, 0.4) is 0 Å². The largest absolute Gasteiger partial charge is 0.351 e. The second kappa shape index (κ2) is 7.70. The predicted octanol–water partition coefficient (Wildman–Crippen LogP) is 3.30. The first-order chi connectivity index (χ1) is 9.75. The van der Waals surface area contributed by atoms with E-state index in [9.17, 15) is 4.79 Å². The molecule has 0 aliphatic heterocycles. The summed E-state index contributed by atoms with van der Waals surface area (Å²) in [6.45, 7) is 2.56. The number of aromatic nitrogens is 1. The molecule has 0 unspecified atom stereocenters. The first-order valence-electron chi connectivity index (χ1n) is 6.65. The number of rotatable bonds is 6. The van der Waals surface area contributed by atoms with Crippen LogP contribution >= 0.6 is 11.8 Å². The van der Waals surface area contributed by atoms with Crippen molar-refractivity contribution < 1.29 is 4.79 Å². The van der Waals surface area contributed by atoms with E-state index in [1.807, 2.05) is 37.3 Å². The van der Waals surface area contributed by atoms with Crippen LogP contribution in [0.5, 0.6) is 0 Å². The van der Waals surface area contributed by atoms with E-state index in [4.69, 9.17) is 0 Å².